The third-order valence-corrected chi connectivity index (χ3v) is 4.66. The molecule has 0 fully saturated rings. The van der Waals surface area contributed by atoms with Crippen LogP contribution >= 0.6 is 0 Å². The van der Waals surface area contributed by atoms with Crippen LogP contribution in [-0.4, -0.2) is 24.6 Å². The molecule has 0 unspecified atom stereocenters. The highest BCUT2D eigenvalue weighted by Gasteiger charge is 2.22. The number of amides is 2. The van der Waals surface area contributed by atoms with E-state index in [-0.39, 0.29) is 25.0 Å². The Morgan fingerprint density at radius 3 is 2.33 bits per heavy atom. The molecule has 2 N–H and O–H groups in total. The van der Waals surface area contributed by atoms with Crippen LogP contribution in [0.5, 0.6) is 0 Å². The second-order valence-corrected chi connectivity index (χ2v) is 7.53. The first-order valence-corrected chi connectivity index (χ1v) is 10.2. The summed E-state index contributed by atoms with van der Waals surface area (Å²) in [4.78, 5) is 24.5. The van der Waals surface area contributed by atoms with Gasteiger partial charge in [-0.1, -0.05) is 68.4 Å². The molecule has 0 radical (unpaired) electrons. The van der Waals surface area contributed by atoms with Gasteiger partial charge in [0.05, 0.1) is 6.07 Å². The maximum atomic E-state index is 12.3. The molecule has 0 aromatic heterocycles. The molecule has 6 nitrogen and oxygen atoms in total. The van der Waals surface area contributed by atoms with Crippen LogP contribution in [0.25, 0.3) is 0 Å². The van der Waals surface area contributed by atoms with Crippen LogP contribution in [0.1, 0.15) is 37.0 Å². The third kappa shape index (κ3) is 7.96. The predicted octanol–water partition coefficient (Wildman–Crippen LogP) is 3.75. The van der Waals surface area contributed by atoms with E-state index in [2.05, 4.69) is 22.8 Å². The standard InChI is InChI=1S/C24H29N3O3/c1-18(2)16-22(23(28)26-15-14-25)27-24(29)30-17-21-11-7-6-10-20(21)13-12-19-8-4-3-5-9-19/h3-11,18,22H,12-13,15-17H2,1-2H3,(H,26,28)(H,27,29)/t22-/m0/s1. The van der Waals surface area contributed by atoms with Crippen LogP contribution in [0, 0.1) is 17.2 Å². The summed E-state index contributed by atoms with van der Waals surface area (Å²) in [7, 11) is 0. The Morgan fingerprint density at radius 1 is 1.00 bits per heavy atom. The number of hydrogen-bond donors (Lipinski definition) is 2. The highest BCUT2D eigenvalue weighted by Crippen LogP contribution is 2.14. The van der Waals surface area contributed by atoms with Crippen molar-refractivity contribution >= 4 is 12.0 Å². The van der Waals surface area contributed by atoms with Crippen molar-refractivity contribution in [2.45, 2.75) is 45.8 Å². The van der Waals surface area contributed by atoms with Crippen LogP contribution in [0.15, 0.2) is 54.6 Å². The molecular formula is C24H29N3O3. The largest absolute Gasteiger partial charge is 0.445 e. The van der Waals surface area contributed by atoms with Crippen LogP contribution in [-0.2, 0) is 29.0 Å². The lowest BCUT2D eigenvalue weighted by molar-refractivity contribution is -0.123. The lowest BCUT2D eigenvalue weighted by atomic mass is 10.0. The Hall–Kier alpha value is -3.33. The van der Waals surface area contributed by atoms with Gasteiger partial charge in [0.1, 0.15) is 19.2 Å². The second-order valence-electron chi connectivity index (χ2n) is 7.53. The Bertz CT molecular complexity index is 859. The highest BCUT2D eigenvalue weighted by molar-refractivity contribution is 5.85. The number of benzene rings is 2. The van der Waals surface area contributed by atoms with Gasteiger partial charge in [0.2, 0.25) is 5.91 Å². The van der Waals surface area contributed by atoms with Gasteiger partial charge in [0.15, 0.2) is 0 Å². The van der Waals surface area contributed by atoms with Crippen LogP contribution < -0.4 is 10.6 Å². The average molecular weight is 408 g/mol. The fourth-order valence-electron chi connectivity index (χ4n) is 3.15. The number of alkyl carbamates (subject to hydrolysis) is 1. The van der Waals surface area contributed by atoms with Gasteiger partial charge in [-0.3, -0.25) is 4.79 Å². The van der Waals surface area contributed by atoms with E-state index in [1.165, 1.54) is 5.56 Å². The maximum Gasteiger partial charge on any atom is 0.408 e. The quantitative estimate of drug-likeness (QED) is 0.587. The summed E-state index contributed by atoms with van der Waals surface area (Å²) in [5.74, 6) is -0.188. The van der Waals surface area contributed by atoms with Gasteiger partial charge in [-0.15, -0.1) is 0 Å². The summed E-state index contributed by atoms with van der Waals surface area (Å²) in [6.45, 7) is 3.95. The molecule has 0 saturated heterocycles. The van der Waals surface area contributed by atoms with E-state index < -0.39 is 12.1 Å². The summed E-state index contributed by atoms with van der Waals surface area (Å²) in [6.07, 6.45) is 1.56. The average Bonchev–Trinajstić information content (AvgIpc) is 2.75. The zero-order chi connectivity index (χ0) is 21.8. The molecule has 0 spiro atoms. The van der Waals surface area contributed by atoms with Crippen molar-refractivity contribution in [1.29, 1.82) is 5.26 Å². The molecule has 0 aliphatic heterocycles. The van der Waals surface area contributed by atoms with Crippen molar-refractivity contribution in [3.8, 4) is 6.07 Å². The number of aryl methyl sites for hydroxylation is 2. The van der Waals surface area contributed by atoms with Gasteiger partial charge in [-0.25, -0.2) is 4.79 Å². The number of carbonyl (C=O) groups excluding carboxylic acids is 2. The lowest BCUT2D eigenvalue weighted by Crippen LogP contribution is -2.47. The molecule has 0 aliphatic rings. The molecule has 2 aromatic rings. The third-order valence-electron chi connectivity index (χ3n) is 4.66. The molecule has 2 amide bonds. The normalized spacial score (nSPS) is 11.4. The number of hydrogen-bond acceptors (Lipinski definition) is 4. The van der Waals surface area contributed by atoms with E-state index in [1.54, 1.807) is 0 Å². The molecule has 2 aromatic carbocycles. The van der Waals surface area contributed by atoms with Crippen molar-refractivity contribution in [2.24, 2.45) is 5.92 Å². The first-order valence-electron chi connectivity index (χ1n) is 10.2. The van der Waals surface area contributed by atoms with E-state index in [9.17, 15) is 9.59 Å². The van der Waals surface area contributed by atoms with Gasteiger partial charge in [0.25, 0.3) is 0 Å². The topological polar surface area (TPSA) is 91.2 Å². The van der Waals surface area contributed by atoms with E-state index in [0.29, 0.717) is 6.42 Å². The van der Waals surface area contributed by atoms with Crippen LogP contribution in [0.3, 0.4) is 0 Å². The first-order chi connectivity index (χ1) is 14.5. The molecule has 0 bridgehead atoms. The smallest absolute Gasteiger partial charge is 0.408 e. The first kappa shape index (κ1) is 23.0. The van der Waals surface area contributed by atoms with Crippen LogP contribution in [0.4, 0.5) is 4.79 Å². The van der Waals surface area contributed by atoms with Gasteiger partial charge < -0.3 is 15.4 Å². The van der Waals surface area contributed by atoms with Crippen molar-refractivity contribution < 1.29 is 14.3 Å². The van der Waals surface area contributed by atoms with Gasteiger partial charge >= 0.3 is 6.09 Å². The highest BCUT2D eigenvalue weighted by atomic mass is 16.5. The molecule has 158 valence electrons. The monoisotopic (exact) mass is 407 g/mol. The SMILES string of the molecule is CC(C)C[C@H](NC(=O)OCc1ccccc1CCc1ccccc1)C(=O)NCC#N. The molecule has 0 heterocycles. The molecule has 30 heavy (non-hydrogen) atoms. The molecule has 1 atom stereocenters. The Labute approximate surface area is 178 Å². The van der Waals surface area contributed by atoms with E-state index in [1.807, 2.05) is 62.4 Å². The molecule has 6 heteroatoms. The number of rotatable bonds is 10. The summed E-state index contributed by atoms with van der Waals surface area (Å²) in [5.41, 5.74) is 3.32. The number of ether oxygens (including phenoxy) is 1. The summed E-state index contributed by atoms with van der Waals surface area (Å²) in [6, 6.07) is 19.2. The summed E-state index contributed by atoms with van der Waals surface area (Å²) in [5, 5.41) is 13.7. The fraction of sp³-hybridized carbons (Fsp3) is 0.375. The number of nitriles is 1. The zero-order valence-electron chi connectivity index (χ0n) is 17.6. The van der Waals surface area contributed by atoms with Crippen molar-refractivity contribution in [1.82, 2.24) is 10.6 Å². The Morgan fingerprint density at radius 2 is 1.67 bits per heavy atom. The minimum atomic E-state index is -0.737. The minimum Gasteiger partial charge on any atom is -0.445 e. The molecular weight excluding hydrogens is 378 g/mol. The molecule has 0 saturated carbocycles. The molecule has 0 aliphatic carbocycles. The number of carbonyl (C=O) groups is 2. The lowest BCUT2D eigenvalue weighted by Gasteiger charge is -2.19. The Kier molecular flexibility index (Phi) is 9.39. The molecule has 2 rings (SSSR count). The van der Waals surface area contributed by atoms with E-state index in [4.69, 9.17) is 10.00 Å². The van der Waals surface area contributed by atoms with E-state index >= 15 is 0 Å². The van der Waals surface area contributed by atoms with Gasteiger partial charge in [0, 0.05) is 0 Å². The zero-order valence-corrected chi connectivity index (χ0v) is 17.6. The second kappa shape index (κ2) is 12.3. The van der Waals surface area contributed by atoms with Crippen molar-refractivity contribution in [2.75, 3.05) is 6.54 Å². The van der Waals surface area contributed by atoms with Crippen molar-refractivity contribution in [3.63, 3.8) is 0 Å². The summed E-state index contributed by atoms with van der Waals surface area (Å²) >= 11 is 0. The number of nitrogens with zero attached hydrogens (tertiary/aromatic N) is 1. The number of nitrogens with one attached hydrogen (secondary N) is 2. The van der Waals surface area contributed by atoms with E-state index in [0.717, 1.165) is 24.0 Å². The minimum absolute atomic E-state index is 0.0983. The van der Waals surface area contributed by atoms with Crippen molar-refractivity contribution in [3.05, 3.63) is 71.3 Å². The summed E-state index contributed by atoms with van der Waals surface area (Å²) < 4.78 is 5.39. The predicted molar refractivity (Wildman–Crippen MR) is 115 cm³/mol. The van der Waals surface area contributed by atoms with Gasteiger partial charge in [-0.05, 0) is 41.9 Å². The maximum absolute atomic E-state index is 12.3. The Balaban J connectivity index is 1.92. The fourth-order valence-corrected chi connectivity index (χ4v) is 3.15. The van der Waals surface area contributed by atoms with Gasteiger partial charge in [-0.2, -0.15) is 5.26 Å². The van der Waals surface area contributed by atoms with Crippen LogP contribution in [0.2, 0.25) is 0 Å².